The maximum atomic E-state index is 10.9. The third-order valence-corrected chi connectivity index (χ3v) is 3.96. The second-order valence-corrected chi connectivity index (χ2v) is 5.23. The molecule has 0 fully saturated rings. The van der Waals surface area contributed by atoms with E-state index < -0.39 is 5.97 Å². The van der Waals surface area contributed by atoms with Crippen molar-refractivity contribution in [1.29, 1.82) is 0 Å². The zero-order valence-electron chi connectivity index (χ0n) is 11.3. The molecule has 0 bridgehead atoms. The van der Waals surface area contributed by atoms with Gasteiger partial charge in [-0.15, -0.1) is 0 Å². The van der Waals surface area contributed by atoms with Gasteiger partial charge < -0.3 is 15.2 Å². The fourth-order valence-electron chi connectivity index (χ4n) is 1.88. The maximum absolute atomic E-state index is 10.9. The monoisotopic (exact) mass is 292 g/mol. The number of thiazole rings is 1. The molecule has 0 amide bonds. The highest BCUT2D eigenvalue weighted by atomic mass is 32.1. The van der Waals surface area contributed by atoms with Gasteiger partial charge in [0, 0.05) is 6.54 Å². The molecule has 0 aliphatic carbocycles. The molecule has 0 aliphatic rings. The molecular formula is C14H16N2O3S. The molecule has 2 N–H and O–H groups in total. The predicted molar refractivity (Wildman–Crippen MR) is 79.0 cm³/mol. The number of para-hydroxylation sites is 1. The molecule has 106 valence electrons. The number of aryl methyl sites for hydroxylation is 1. The summed E-state index contributed by atoms with van der Waals surface area (Å²) in [7, 11) is 1.65. The van der Waals surface area contributed by atoms with Crippen molar-refractivity contribution in [3.05, 3.63) is 40.4 Å². The first-order valence-electron chi connectivity index (χ1n) is 6.18. The molecule has 0 radical (unpaired) electrons. The Kier molecular flexibility index (Phi) is 4.57. The van der Waals surface area contributed by atoms with Gasteiger partial charge >= 0.3 is 5.97 Å². The average molecular weight is 292 g/mol. The van der Waals surface area contributed by atoms with Crippen molar-refractivity contribution < 1.29 is 14.6 Å². The largest absolute Gasteiger partial charge is 0.496 e. The van der Waals surface area contributed by atoms with Gasteiger partial charge in [-0.05, 0) is 25.0 Å². The number of anilines is 1. The van der Waals surface area contributed by atoms with E-state index in [1.54, 1.807) is 14.0 Å². The van der Waals surface area contributed by atoms with Crippen LogP contribution in [0, 0.1) is 6.92 Å². The van der Waals surface area contributed by atoms with Crippen molar-refractivity contribution in [2.75, 3.05) is 19.0 Å². The van der Waals surface area contributed by atoms with E-state index in [4.69, 9.17) is 9.84 Å². The lowest BCUT2D eigenvalue weighted by Crippen LogP contribution is -2.05. The Morgan fingerprint density at radius 2 is 2.20 bits per heavy atom. The van der Waals surface area contributed by atoms with Crippen LogP contribution >= 0.6 is 11.3 Å². The zero-order valence-corrected chi connectivity index (χ0v) is 12.2. The van der Waals surface area contributed by atoms with Gasteiger partial charge in [-0.25, -0.2) is 9.78 Å². The number of nitrogens with zero attached hydrogens (tertiary/aromatic N) is 1. The van der Waals surface area contributed by atoms with Gasteiger partial charge in [-0.1, -0.05) is 29.5 Å². The minimum atomic E-state index is -0.933. The van der Waals surface area contributed by atoms with Gasteiger partial charge in [0.2, 0.25) is 0 Å². The van der Waals surface area contributed by atoms with Gasteiger partial charge in [-0.3, -0.25) is 0 Å². The molecule has 0 saturated carbocycles. The summed E-state index contributed by atoms with van der Waals surface area (Å²) >= 11 is 1.16. The second kappa shape index (κ2) is 6.38. The van der Waals surface area contributed by atoms with Crippen LogP contribution in [-0.2, 0) is 6.42 Å². The molecule has 0 spiro atoms. The van der Waals surface area contributed by atoms with Crippen molar-refractivity contribution >= 4 is 22.4 Å². The summed E-state index contributed by atoms with van der Waals surface area (Å²) in [5, 5.41) is 12.8. The highest BCUT2D eigenvalue weighted by molar-refractivity contribution is 7.17. The molecule has 6 heteroatoms. The predicted octanol–water partition coefficient (Wildman–Crippen LogP) is 2.81. The Bertz CT molecular complexity index is 610. The number of carbonyl (C=O) groups is 1. The van der Waals surface area contributed by atoms with Crippen molar-refractivity contribution in [2.45, 2.75) is 13.3 Å². The van der Waals surface area contributed by atoms with E-state index in [0.29, 0.717) is 17.4 Å². The van der Waals surface area contributed by atoms with E-state index in [-0.39, 0.29) is 4.88 Å². The first kappa shape index (κ1) is 14.3. The fourth-order valence-corrected chi connectivity index (χ4v) is 2.71. The standard InChI is InChI=1S/C14H16N2O3S/c1-9-12(13(17)18)20-14(16-9)15-8-7-10-5-3-4-6-11(10)19-2/h3-6H,7-8H2,1-2H3,(H,15,16)(H,17,18). The fraction of sp³-hybridized carbons (Fsp3) is 0.286. The molecule has 0 unspecified atom stereocenters. The minimum Gasteiger partial charge on any atom is -0.496 e. The number of rotatable bonds is 6. The number of benzene rings is 1. The van der Waals surface area contributed by atoms with Gasteiger partial charge in [-0.2, -0.15) is 0 Å². The Morgan fingerprint density at radius 1 is 1.45 bits per heavy atom. The Balaban J connectivity index is 1.96. The second-order valence-electron chi connectivity index (χ2n) is 4.23. The van der Waals surface area contributed by atoms with Gasteiger partial charge in [0.25, 0.3) is 0 Å². The number of aromatic nitrogens is 1. The molecule has 5 nitrogen and oxygen atoms in total. The normalized spacial score (nSPS) is 10.3. The van der Waals surface area contributed by atoms with Crippen LogP contribution in [0.5, 0.6) is 5.75 Å². The number of carboxylic acid groups (broad SMARTS) is 1. The van der Waals surface area contributed by atoms with Crippen molar-refractivity contribution in [3.63, 3.8) is 0 Å². The average Bonchev–Trinajstić information content (AvgIpc) is 2.80. The highest BCUT2D eigenvalue weighted by Gasteiger charge is 2.13. The summed E-state index contributed by atoms with van der Waals surface area (Å²) < 4.78 is 5.28. The number of methoxy groups -OCH3 is 1. The smallest absolute Gasteiger partial charge is 0.347 e. The molecule has 2 aromatic rings. The van der Waals surface area contributed by atoms with E-state index >= 15 is 0 Å². The van der Waals surface area contributed by atoms with Crippen LogP contribution < -0.4 is 10.1 Å². The lowest BCUT2D eigenvalue weighted by molar-refractivity contribution is 0.0701. The van der Waals surface area contributed by atoms with Gasteiger partial charge in [0.05, 0.1) is 12.8 Å². The summed E-state index contributed by atoms with van der Waals surface area (Å²) in [6.07, 6.45) is 0.783. The molecule has 20 heavy (non-hydrogen) atoms. The number of hydrogen-bond donors (Lipinski definition) is 2. The number of aromatic carboxylic acids is 1. The summed E-state index contributed by atoms with van der Waals surface area (Å²) in [5.74, 6) is -0.0753. The van der Waals surface area contributed by atoms with E-state index in [0.717, 1.165) is 29.1 Å². The summed E-state index contributed by atoms with van der Waals surface area (Å²) in [6, 6.07) is 7.83. The number of hydrogen-bond acceptors (Lipinski definition) is 5. The maximum Gasteiger partial charge on any atom is 0.347 e. The first-order valence-corrected chi connectivity index (χ1v) is 7.00. The minimum absolute atomic E-state index is 0.282. The quantitative estimate of drug-likeness (QED) is 0.856. The van der Waals surface area contributed by atoms with Gasteiger partial charge in [0.15, 0.2) is 5.13 Å². The van der Waals surface area contributed by atoms with Crippen LogP contribution in [0.2, 0.25) is 0 Å². The first-order chi connectivity index (χ1) is 9.61. The molecule has 1 aromatic heterocycles. The van der Waals surface area contributed by atoms with Crippen molar-refractivity contribution in [3.8, 4) is 5.75 Å². The molecule has 0 aliphatic heterocycles. The summed E-state index contributed by atoms with van der Waals surface area (Å²) in [4.78, 5) is 15.4. The zero-order chi connectivity index (χ0) is 14.5. The molecule has 1 heterocycles. The van der Waals surface area contributed by atoms with E-state index in [2.05, 4.69) is 10.3 Å². The molecule has 1 aromatic carbocycles. The summed E-state index contributed by atoms with van der Waals surface area (Å²) in [5.41, 5.74) is 1.65. The lowest BCUT2D eigenvalue weighted by Gasteiger charge is -2.08. The van der Waals surface area contributed by atoms with Crippen LogP contribution in [-0.4, -0.2) is 29.7 Å². The van der Waals surface area contributed by atoms with Crippen LogP contribution in [0.3, 0.4) is 0 Å². The number of ether oxygens (including phenoxy) is 1. The van der Waals surface area contributed by atoms with Crippen LogP contribution in [0.15, 0.2) is 24.3 Å². The molecular weight excluding hydrogens is 276 g/mol. The lowest BCUT2D eigenvalue weighted by atomic mass is 10.1. The Morgan fingerprint density at radius 3 is 2.85 bits per heavy atom. The third-order valence-electron chi connectivity index (χ3n) is 2.85. The summed E-state index contributed by atoms with van der Waals surface area (Å²) in [6.45, 7) is 2.37. The number of nitrogens with one attached hydrogen (secondary N) is 1. The van der Waals surface area contributed by atoms with Crippen LogP contribution in [0.25, 0.3) is 0 Å². The molecule has 0 atom stereocenters. The van der Waals surface area contributed by atoms with Crippen LogP contribution in [0.4, 0.5) is 5.13 Å². The van der Waals surface area contributed by atoms with E-state index in [1.165, 1.54) is 0 Å². The van der Waals surface area contributed by atoms with E-state index in [9.17, 15) is 4.79 Å². The Hall–Kier alpha value is -2.08. The Labute approximate surface area is 121 Å². The molecule has 2 rings (SSSR count). The molecule has 0 saturated heterocycles. The van der Waals surface area contributed by atoms with Gasteiger partial charge in [0.1, 0.15) is 10.6 Å². The van der Waals surface area contributed by atoms with Crippen molar-refractivity contribution in [1.82, 2.24) is 4.98 Å². The topological polar surface area (TPSA) is 71.5 Å². The number of carboxylic acids is 1. The van der Waals surface area contributed by atoms with Crippen LogP contribution in [0.1, 0.15) is 20.9 Å². The SMILES string of the molecule is COc1ccccc1CCNc1nc(C)c(C(=O)O)s1. The van der Waals surface area contributed by atoms with E-state index in [1.807, 2.05) is 24.3 Å². The van der Waals surface area contributed by atoms with Crippen molar-refractivity contribution in [2.24, 2.45) is 0 Å². The highest BCUT2D eigenvalue weighted by Crippen LogP contribution is 2.23. The third kappa shape index (κ3) is 3.27.